The van der Waals surface area contributed by atoms with Crippen LogP contribution in [0.5, 0.6) is 0 Å². The Labute approximate surface area is 74.0 Å². The van der Waals surface area contributed by atoms with Crippen LogP contribution < -0.4 is 0 Å². The summed E-state index contributed by atoms with van der Waals surface area (Å²) in [7, 11) is 0. The molecule has 0 bridgehead atoms. The molecule has 0 saturated carbocycles. The Morgan fingerprint density at radius 2 is 2.33 bits per heavy atom. The molecular formula is C12H14. The lowest BCUT2D eigenvalue weighted by Gasteiger charge is -2.33. The van der Waals surface area contributed by atoms with Gasteiger partial charge in [0.25, 0.3) is 0 Å². The number of rotatable bonds is 0. The highest BCUT2D eigenvalue weighted by molar-refractivity contribution is 5.58. The van der Waals surface area contributed by atoms with E-state index in [1.165, 1.54) is 28.7 Å². The van der Waals surface area contributed by atoms with Crippen molar-refractivity contribution in [3.63, 3.8) is 0 Å². The van der Waals surface area contributed by atoms with Gasteiger partial charge in [-0.05, 0) is 42.6 Å². The molecule has 0 aliphatic heterocycles. The molecule has 0 saturated heterocycles. The zero-order valence-electron chi connectivity index (χ0n) is 7.72. The van der Waals surface area contributed by atoms with E-state index < -0.39 is 0 Å². The molecule has 0 heterocycles. The topological polar surface area (TPSA) is 0 Å². The molecule has 1 unspecified atom stereocenters. The van der Waals surface area contributed by atoms with Gasteiger partial charge in [-0.25, -0.2) is 0 Å². The van der Waals surface area contributed by atoms with Gasteiger partial charge in [0.1, 0.15) is 0 Å². The van der Waals surface area contributed by atoms with Crippen LogP contribution in [0.25, 0.3) is 0 Å². The van der Waals surface area contributed by atoms with E-state index in [0.717, 1.165) is 0 Å². The molecule has 0 aromatic heterocycles. The number of hydrogen-bond donors (Lipinski definition) is 0. The molecule has 0 aromatic carbocycles. The van der Waals surface area contributed by atoms with E-state index >= 15 is 0 Å². The summed E-state index contributed by atoms with van der Waals surface area (Å²) in [6, 6.07) is 0. The third-order valence-corrected chi connectivity index (χ3v) is 2.85. The molecule has 2 aliphatic rings. The van der Waals surface area contributed by atoms with Gasteiger partial charge in [0.2, 0.25) is 0 Å². The van der Waals surface area contributed by atoms with E-state index in [-0.39, 0.29) is 0 Å². The van der Waals surface area contributed by atoms with Crippen molar-refractivity contribution in [1.82, 2.24) is 0 Å². The molecule has 1 atom stereocenters. The average molecular weight is 158 g/mol. The minimum absolute atomic E-state index is 0.639. The number of hydrogen-bond acceptors (Lipinski definition) is 0. The van der Waals surface area contributed by atoms with E-state index in [4.69, 9.17) is 0 Å². The minimum Gasteiger partial charge on any atom is -0.0946 e. The van der Waals surface area contributed by atoms with Crippen LogP contribution in [0.4, 0.5) is 0 Å². The molecule has 2 aliphatic carbocycles. The maximum absolute atomic E-state index is 4.15. The third-order valence-electron chi connectivity index (χ3n) is 2.85. The second kappa shape index (κ2) is 2.48. The van der Waals surface area contributed by atoms with Crippen LogP contribution in [-0.4, -0.2) is 0 Å². The van der Waals surface area contributed by atoms with Crippen LogP contribution in [0.2, 0.25) is 0 Å². The first-order valence-corrected chi connectivity index (χ1v) is 4.48. The van der Waals surface area contributed by atoms with Gasteiger partial charge < -0.3 is 0 Å². The van der Waals surface area contributed by atoms with Crippen LogP contribution >= 0.6 is 0 Å². The fraction of sp³-hybridized carbons (Fsp3) is 0.333. The number of fused-ring (bicyclic) bond motifs is 1. The Kier molecular flexibility index (Phi) is 1.57. The Bertz CT molecular complexity index is 324. The Balaban J connectivity index is 2.49. The van der Waals surface area contributed by atoms with Crippen molar-refractivity contribution in [2.24, 2.45) is 5.92 Å². The smallest absolute Gasteiger partial charge is 0.0121 e. The van der Waals surface area contributed by atoms with Crippen LogP contribution in [-0.2, 0) is 0 Å². The molecule has 0 N–H and O–H groups in total. The quantitative estimate of drug-likeness (QED) is 0.507. The molecule has 62 valence electrons. The molecular weight excluding hydrogens is 144 g/mol. The van der Waals surface area contributed by atoms with Gasteiger partial charge in [-0.1, -0.05) is 24.8 Å². The fourth-order valence-electron chi connectivity index (χ4n) is 2.06. The van der Waals surface area contributed by atoms with Gasteiger partial charge in [0.05, 0.1) is 0 Å². The van der Waals surface area contributed by atoms with E-state index in [1.54, 1.807) is 0 Å². The Hall–Kier alpha value is -1.04. The van der Waals surface area contributed by atoms with Crippen LogP contribution in [0, 0.1) is 5.92 Å². The monoisotopic (exact) mass is 158 g/mol. The molecule has 0 radical (unpaired) electrons. The van der Waals surface area contributed by atoms with Gasteiger partial charge >= 0.3 is 0 Å². The second-order valence-corrected chi connectivity index (χ2v) is 3.55. The van der Waals surface area contributed by atoms with Crippen molar-refractivity contribution in [2.45, 2.75) is 20.3 Å². The second-order valence-electron chi connectivity index (χ2n) is 3.55. The molecule has 0 aromatic rings. The van der Waals surface area contributed by atoms with Crippen molar-refractivity contribution < 1.29 is 0 Å². The van der Waals surface area contributed by atoms with Crippen LogP contribution in [0.15, 0.2) is 47.1 Å². The first-order chi connectivity index (χ1) is 5.74. The van der Waals surface area contributed by atoms with E-state index in [9.17, 15) is 0 Å². The summed E-state index contributed by atoms with van der Waals surface area (Å²) in [5, 5.41) is 0. The Morgan fingerprint density at radius 1 is 1.58 bits per heavy atom. The molecule has 2 rings (SSSR count). The highest BCUT2D eigenvalue weighted by Crippen LogP contribution is 2.43. The lowest BCUT2D eigenvalue weighted by Crippen LogP contribution is -2.19. The third kappa shape index (κ3) is 0.842. The standard InChI is InChI=1S/C12H14/c1-4-11-8(2)7-10-5-6-12(10)9(11)3/h4-5,7,12H,3,6H2,1-2H3/b11-4+. The van der Waals surface area contributed by atoms with Gasteiger partial charge in [0, 0.05) is 5.92 Å². The number of allylic oxidation sites excluding steroid dienone is 7. The van der Waals surface area contributed by atoms with Gasteiger partial charge in [-0.3, -0.25) is 0 Å². The SMILES string of the molecule is C=C1/C(=C/C)C(C)=CC2=CCC12. The van der Waals surface area contributed by atoms with E-state index in [2.05, 4.69) is 38.7 Å². The molecule has 12 heavy (non-hydrogen) atoms. The van der Waals surface area contributed by atoms with Crippen LogP contribution in [0.1, 0.15) is 20.3 Å². The first kappa shape index (κ1) is 7.60. The van der Waals surface area contributed by atoms with Gasteiger partial charge in [0.15, 0.2) is 0 Å². The zero-order valence-corrected chi connectivity index (χ0v) is 7.72. The lowest BCUT2D eigenvalue weighted by molar-refractivity contribution is 0.670. The van der Waals surface area contributed by atoms with Crippen molar-refractivity contribution in [3.8, 4) is 0 Å². The Morgan fingerprint density at radius 3 is 2.83 bits per heavy atom. The average Bonchev–Trinajstić information content (AvgIpc) is 1.97. The van der Waals surface area contributed by atoms with Gasteiger partial charge in [-0.15, -0.1) is 0 Å². The molecule has 0 nitrogen and oxygen atoms in total. The summed E-state index contributed by atoms with van der Waals surface area (Å²) >= 11 is 0. The van der Waals surface area contributed by atoms with Crippen molar-refractivity contribution in [3.05, 3.63) is 47.1 Å². The summed E-state index contributed by atoms with van der Waals surface area (Å²) in [5.41, 5.74) is 5.51. The summed E-state index contributed by atoms with van der Waals surface area (Å²) < 4.78 is 0. The molecule has 0 spiro atoms. The normalized spacial score (nSPS) is 30.7. The summed E-state index contributed by atoms with van der Waals surface area (Å²) in [4.78, 5) is 0. The summed E-state index contributed by atoms with van der Waals surface area (Å²) in [5.74, 6) is 0.639. The van der Waals surface area contributed by atoms with E-state index in [1.807, 2.05) is 0 Å². The van der Waals surface area contributed by atoms with Crippen molar-refractivity contribution >= 4 is 0 Å². The van der Waals surface area contributed by atoms with Crippen molar-refractivity contribution in [2.75, 3.05) is 0 Å². The first-order valence-electron chi connectivity index (χ1n) is 4.48. The predicted octanol–water partition coefficient (Wildman–Crippen LogP) is 3.40. The maximum Gasteiger partial charge on any atom is 0.0121 e. The highest BCUT2D eigenvalue weighted by Gasteiger charge is 2.28. The zero-order chi connectivity index (χ0) is 8.72. The van der Waals surface area contributed by atoms with E-state index in [0.29, 0.717) is 5.92 Å². The summed E-state index contributed by atoms with van der Waals surface area (Å²) in [6.07, 6.45) is 7.95. The van der Waals surface area contributed by atoms with Crippen molar-refractivity contribution in [1.29, 1.82) is 0 Å². The largest absolute Gasteiger partial charge is 0.0946 e. The van der Waals surface area contributed by atoms with Gasteiger partial charge in [-0.2, -0.15) is 0 Å². The maximum atomic E-state index is 4.15. The lowest BCUT2D eigenvalue weighted by atomic mass is 9.71. The molecule has 0 fully saturated rings. The predicted molar refractivity (Wildman–Crippen MR) is 52.8 cm³/mol. The fourth-order valence-corrected chi connectivity index (χ4v) is 2.06. The highest BCUT2D eigenvalue weighted by atomic mass is 14.3. The minimum atomic E-state index is 0.639. The molecule has 0 amide bonds. The summed E-state index contributed by atoms with van der Waals surface area (Å²) in [6.45, 7) is 8.40. The van der Waals surface area contributed by atoms with Crippen LogP contribution in [0.3, 0.4) is 0 Å². The molecule has 0 heteroatoms.